The molecule has 3 aromatic rings. The van der Waals surface area contributed by atoms with Crippen molar-refractivity contribution in [3.05, 3.63) is 70.8 Å². The predicted molar refractivity (Wildman–Crippen MR) is 94.9 cm³/mol. The highest BCUT2D eigenvalue weighted by Gasteiger charge is 2.18. The molecule has 0 saturated carbocycles. The van der Waals surface area contributed by atoms with Crippen LogP contribution in [0, 0.1) is 0 Å². The fourth-order valence-corrected chi connectivity index (χ4v) is 3.59. The number of halogens is 1. The molecule has 0 radical (unpaired) electrons. The lowest BCUT2D eigenvalue weighted by Crippen LogP contribution is -2.31. The number of para-hydroxylation sites is 1. The number of hydrogen-bond donors (Lipinski definition) is 1. The first-order valence-electron chi connectivity index (χ1n) is 7.09. The summed E-state index contributed by atoms with van der Waals surface area (Å²) in [5.74, 6) is -0.601. The molecule has 0 aliphatic carbocycles. The molecule has 0 spiro atoms. The highest BCUT2D eigenvalue weighted by molar-refractivity contribution is 9.10. The highest BCUT2D eigenvalue weighted by Crippen LogP contribution is 2.17. The third-order valence-electron chi connectivity index (χ3n) is 3.44. The first-order chi connectivity index (χ1) is 11.5. The molecular formula is C17H13BrN2O3S. The zero-order chi connectivity index (χ0) is 17.2. The van der Waals surface area contributed by atoms with Crippen LogP contribution in [-0.4, -0.2) is 19.3 Å². The number of nitrogens with one attached hydrogen (secondary N) is 1. The number of fused-ring (bicyclic) bond motifs is 1. The predicted octanol–water partition coefficient (Wildman–Crippen LogP) is 3.04. The Kier molecular flexibility index (Phi) is 4.64. The topological polar surface area (TPSA) is 76.1 Å². The Bertz CT molecular complexity index is 997. The number of carbonyl (C=O) groups is 1. The normalized spacial score (nSPS) is 11.4. The van der Waals surface area contributed by atoms with Crippen LogP contribution in [0.15, 0.2) is 70.2 Å². The second-order valence-electron chi connectivity index (χ2n) is 5.15. The molecule has 2 aromatic carbocycles. The molecule has 0 atom stereocenters. The molecular weight excluding hydrogens is 392 g/mol. The standard InChI is InChI=1S/C17H13BrN2O3S/c18-14-6-8-15(9-7-14)24(22,23)20-16(21)11-13-4-1-3-12-5-2-10-19-17(12)13/h1-10H,11H2,(H,20,21). The van der Waals surface area contributed by atoms with E-state index in [2.05, 4.69) is 25.6 Å². The van der Waals surface area contributed by atoms with Crippen LogP contribution in [0.5, 0.6) is 0 Å². The Labute approximate surface area is 147 Å². The van der Waals surface area contributed by atoms with E-state index in [0.717, 1.165) is 9.86 Å². The third-order valence-corrected chi connectivity index (χ3v) is 5.36. The van der Waals surface area contributed by atoms with Crippen molar-refractivity contribution in [2.75, 3.05) is 0 Å². The minimum atomic E-state index is -3.89. The number of carbonyl (C=O) groups excluding carboxylic acids is 1. The molecule has 0 bridgehead atoms. The van der Waals surface area contributed by atoms with Gasteiger partial charge in [0.1, 0.15) is 0 Å². The van der Waals surface area contributed by atoms with E-state index in [1.807, 2.05) is 24.3 Å². The van der Waals surface area contributed by atoms with E-state index >= 15 is 0 Å². The summed E-state index contributed by atoms with van der Waals surface area (Å²) in [7, 11) is -3.89. The summed E-state index contributed by atoms with van der Waals surface area (Å²) >= 11 is 3.24. The number of hydrogen-bond acceptors (Lipinski definition) is 4. The monoisotopic (exact) mass is 404 g/mol. The highest BCUT2D eigenvalue weighted by atomic mass is 79.9. The minimum absolute atomic E-state index is 0.0371. The van der Waals surface area contributed by atoms with Crippen molar-refractivity contribution in [1.82, 2.24) is 9.71 Å². The lowest BCUT2D eigenvalue weighted by Gasteiger charge is -2.08. The van der Waals surface area contributed by atoms with Gasteiger partial charge in [-0.05, 0) is 35.9 Å². The van der Waals surface area contributed by atoms with Gasteiger partial charge in [-0.3, -0.25) is 9.78 Å². The Balaban J connectivity index is 1.81. The van der Waals surface area contributed by atoms with Crippen molar-refractivity contribution < 1.29 is 13.2 Å². The van der Waals surface area contributed by atoms with E-state index in [1.165, 1.54) is 12.1 Å². The van der Waals surface area contributed by atoms with Gasteiger partial charge in [0.15, 0.2) is 0 Å². The summed E-state index contributed by atoms with van der Waals surface area (Å²) in [6, 6.07) is 15.2. The number of aromatic nitrogens is 1. The number of sulfonamides is 1. The third kappa shape index (κ3) is 3.63. The molecule has 3 rings (SSSR count). The summed E-state index contributed by atoms with van der Waals surface area (Å²) in [5, 5.41) is 0.901. The molecule has 122 valence electrons. The summed E-state index contributed by atoms with van der Waals surface area (Å²) in [4.78, 5) is 16.5. The molecule has 7 heteroatoms. The Morgan fingerprint density at radius 3 is 2.50 bits per heavy atom. The van der Waals surface area contributed by atoms with Crippen LogP contribution >= 0.6 is 15.9 Å². The lowest BCUT2D eigenvalue weighted by molar-refractivity contribution is -0.118. The molecule has 0 unspecified atom stereocenters. The summed E-state index contributed by atoms with van der Waals surface area (Å²) in [5.41, 5.74) is 1.37. The van der Waals surface area contributed by atoms with Crippen LogP contribution in [0.1, 0.15) is 5.56 Å². The molecule has 0 saturated heterocycles. The van der Waals surface area contributed by atoms with E-state index in [-0.39, 0.29) is 11.3 Å². The first-order valence-corrected chi connectivity index (χ1v) is 9.37. The van der Waals surface area contributed by atoms with Gasteiger partial charge in [0, 0.05) is 16.1 Å². The van der Waals surface area contributed by atoms with Crippen molar-refractivity contribution in [3.63, 3.8) is 0 Å². The number of amides is 1. The van der Waals surface area contributed by atoms with E-state index in [0.29, 0.717) is 11.1 Å². The van der Waals surface area contributed by atoms with Gasteiger partial charge in [-0.2, -0.15) is 0 Å². The quantitative estimate of drug-likeness (QED) is 0.724. The van der Waals surface area contributed by atoms with Gasteiger partial charge >= 0.3 is 0 Å². The second-order valence-corrected chi connectivity index (χ2v) is 7.75. The van der Waals surface area contributed by atoms with Crippen molar-refractivity contribution >= 4 is 42.8 Å². The van der Waals surface area contributed by atoms with Crippen molar-refractivity contribution in [3.8, 4) is 0 Å². The SMILES string of the molecule is O=C(Cc1cccc2cccnc12)NS(=O)(=O)c1ccc(Br)cc1. The fraction of sp³-hybridized carbons (Fsp3) is 0.0588. The fourth-order valence-electron chi connectivity index (χ4n) is 2.34. The van der Waals surface area contributed by atoms with E-state index < -0.39 is 15.9 Å². The summed E-state index contributed by atoms with van der Waals surface area (Å²) in [6.45, 7) is 0. The average molecular weight is 405 g/mol. The molecule has 1 amide bonds. The smallest absolute Gasteiger partial charge is 0.264 e. The maximum atomic E-state index is 12.2. The van der Waals surface area contributed by atoms with Gasteiger partial charge in [-0.1, -0.05) is 40.2 Å². The van der Waals surface area contributed by atoms with Crippen LogP contribution in [0.2, 0.25) is 0 Å². The number of benzene rings is 2. The van der Waals surface area contributed by atoms with Gasteiger partial charge in [0.25, 0.3) is 10.0 Å². The molecule has 1 aromatic heterocycles. The first kappa shape index (κ1) is 16.6. The Hall–Kier alpha value is -2.25. The van der Waals surface area contributed by atoms with Crippen molar-refractivity contribution in [1.29, 1.82) is 0 Å². The van der Waals surface area contributed by atoms with Gasteiger partial charge < -0.3 is 0 Å². The van der Waals surface area contributed by atoms with Crippen LogP contribution in [0.4, 0.5) is 0 Å². The minimum Gasteiger partial charge on any atom is -0.274 e. The van der Waals surface area contributed by atoms with Gasteiger partial charge in [-0.25, -0.2) is 13.1 Å². The van der Waals surface area contributed by atoms with Gasteiger partial charge in [0.05, 0.1) is 16.8 Å². The number of rotatable bonds is 4. The molecule has 0 aliphatic heterocycles. The van der Waals surface area contributed by atoms with E-state index in [1.54, 1.807) is 24.4 Å². The lowest BCUT2D eigenvalue weighted by atomic mass is 10.1. The van der Waals surface area contributed by atoms with Crippen LogP contribution in [-0.2, 0) is 21.2 Å². The van der Waals surface area contributed by atoms with E-state index in [9.17, 15) is 13.2 Å². The Morgan fingerprint density at radius 1 is 1.04 bits per heavy atom. The molecule has 24 heavy (non-hydrogen) atoms. The summed E-state index contributed by atoms with van der Waals surface area (Å²) < 4.78 is 27.3. The maximum Gasteiger partial charge on any atom is 0.264 e. The average Bonchev–Trinajstić information content (AvgIpc) is 2.55. The largest absolute Gasteiger partial charge is 0.274 e. The van der Waals surface area contributed by atoms with Crippen molar-refractivity contribution in [2.24, 2.45) is 0 Å². The molecule has 1 heterocycles. The molecule has 1 N–H and O–H groups in total. The number of pyridine rings is 1. The van der Waals surface area contributed by atoms with Crippen LogP contribution in [0.3, 0.4) is 0 Å². The Morgan fingerprint density at radius 2 is 1.75 bits per heavy atom. The second kappa shape index (κ2) is 6.70. The van der Waals surface area contributed by atoms with Gasteiger partial charge in [0.2, 0.25) is 5.91 Å². The molecule has 5 nitrogen and oxygen atoms in total. The maximum absolute atomic E-state index is 12.2. The van der Waals surface area contributed by atoms with E-state index in [4.69, 9.17) is 0 Å². The molecule has 0 aliphatic rings. The van der Waals surface area contributed by atoms with Gasteiger partial charge in [-0.15, -0.1) is 0 Å². The summed E-state index contributed by atoms with van der Waals surface area (Å²) in [6.07, 6.45) is 1.58. The zero-order valence-electron chi connectivity index (χ0n) is 12.4. The zero-order valence-corrected chi connectivity index (χ0v) is 14.8. The van der Waals surface area contributed by atoms with Crippen molar-refractivity contribution in [2.45, 2.75) is 11.3 Å². The molecule has 0 fully saturated rings. The van der Waals surface area contributed by atoms with Crippen LogP contribution in [0.25, 0.3) is 10.9 Å². The van der Waals surface area contributed by atoms with Crippen LogP contribution < -0.4 is 4.72 Å². The number of nitrogens with zero attached hydrogens (tertiary/aromatic N) is 1.